The number of anilines is 2. The van der Waals surface area contributed by atoms with Crippen molar-refractivity contribution in [2.75, 3.05) is 43.4 Å². The van der Waals surface area contributed by atoms with E-state index in [-0.39, 0.29) is 22.6 Å². The summed E-state index contributed by atoms with van der Waals surface area (Å²) in [6.07, 6.45) is 0.727. The molecule has 0 aliphatic carbocycles. The average molecular weight is 484 g/mol. The number of aliphatic imine (C=N–C) groups is 1. The second kappa shape index (κ2) is 9.76. The number of fused-ring (bicyclic) bond motifs is 1. The lowest BCUT2D eigenvalue weighted by atomic mass is 9.98. The standard InChI is InChI=1S/C25H33N5O3S/c1-5-17(2)23(27-24-20-8-6-7-9-22(20)34(32,33)28-24)25(31)26-19-10-11-21(18(3)16-19)30-14-12-29(4)13-15-30/h6-11,16-17,23H,5,12-15H2,1-4H3,(H,26,31)(H,27,28)/t17-,23-/m0/s1. The Bertz CT molecular complexity index is 1200. The lowest BCUT2D eigenvalue weighted by Gasteiger charge is -2.35. The maximum Gasteiger partial charge on any atom is 0.263 e. The molecular formula is C25H33N5O3S. The molecule has 8 nitrogen and oxygen atoms in total. The molecule has 1 saturated heterocycles. The summed E-state index contributed by atoms with van der Waals surface area (Å²) >= 11 is 0. The van der Waals surface area contributed by atoms with Gasteiger partial charge in [-0.2, -0.15) is 0 Å². The summed E-state index contributed by atoms with van der Waals surface area (Å²) in [6, 6.07) is 11.9. The van der Waals surface area contributed by atoms with Crippen LogP contribution in [0.2, 0.25) is 0 Å². The van der Waals surface area contributed by atoms with Crippen LogP contribution in [0.15, 0.2) is 52.4 Å². The fraction of sp³-hybridized carbons (Fsp3) is 0.440. The van der Waals surface area contributed by atoms with Gasteiger partial charge in [0, 0.05) is 43.1 Å². The smallest absolute Gasteiger partial charge is 0.263 e. The number of benzene rings is 2. The predicted octanol–water partition coefficient (Wildman–Crippen LogP) is 2.84. The van der Waals surface area contributed by atoms with Gasteiger partial charge >= 0.3 is 0 Å². The SMILES string of the molecule is CC[C@H](C)[C@H](N=C1NS(=O)(=O)c2ccccc21)C(=O)Nc1ccc(N2CCN(C)CC2)c(C)c1. The van der Waals surface area contributed by atoms with Crippen molar-refractivity contribution in [2.24, 2.45) is 10.9 Å². The average Bonchev–Trinajstić information content (AvgIpc) is 3.08. The molecule has 0 unspecified atom stereocenters. The molecule has 2 heterocycles. The third-order valence-electron chi connectivity index (χ3n) is 6.69. The van der Waals surface area contributed by atoms with Gasteiger partial charge in [-0.15, -0.1) is 0 Å². The Hall–Kier alpha value is -2.91. The molecule has 0 spiro atoms. The van der Waals surface area contributed by atoms with Crippen molar-refractivity contribution < 1.29 is 13.2 Å². The molecule has 2 aliphatic heterocycles. The second-order valence-electron chi connectivity index (χ2n) is 9.19. The number of sulfonamides is 1. The van der Waals surface area contributed by atoms with Crippen LogP contribution in [0.5, 0.6) is 0 Å². The lowest BCUT2D eigenvalue weighted by Crippen LogP contribution is -2.44. The molecule has 0 bridgehead atoms. The molecule has 182 valence electrons. The van der Waals surface area contributed by atoms with Crippen LogP contribution in [0.3, 0.4) is 0 Å². The summed E-state index contributed by atoms with van der Waals surface area (Å²) in [6.45, 7) is 10.0. The molecule has 2 aromatic rings. The van der Waals surface area contributed by atoms with Crippen LogP contribution in [-0.4, -0.2) is 64.3 Å². The van der Waals surface area contributed by atoms with Crippen LogP contribution >= 0.6 is 0 Å². The highest BCUT2D eigenvalue weighted by Crippen LogP contribution is 2.27. The van der Waals surface area contributed by atoms with Gasteiger partial charge < -0.3 is 15.1 Å². The van der Waals surface area contributed by atoms with Crippen molar-refractivity contribution >= 4 is 33.1 Å². The van der Waals surface area contributed by atoms with Gasteiger partial charge in [0.25, 0.3) is 10.0 Å². The molecule has 2 aliphatic rings. The monoisotopic (exact) mass is 483 g/mol. The molecule has 0 saturated carbocycles. The minimum atomic E-state index is -3.66. The molecule has 1 fully saturated rings. The summed E-state index contributed by atoms with van der Waals surface area (Å²) < 4.78 is 27.4. The number of amides is 1. The normalized spacial score (nSPS) is 20.5. The largest absolute Gasteiger partial charge is 0.369 e. The number of carbonyl (C=O) groups is 1. The zero-order valence-corrected chi connectivity index (χ0v) is 21.0. The maximum absolute atomic E-state index is 13.3. The summed E-state index contributed by atoms with van der Waals surface area (Å²) in [4.78, 5) is 22.8. The highest BCUT2D eigenvalue weighted by molar-refractivity contribution is 7.90. The fourth-order valence-electron chi connectivity index (χ4n) is 4.39. The summed E-state index contributed by atoms with van der Waals surface area (Å²) in [5, 5.41) is 3.00. The highest BCUT2D eigenvalue weighted by Gasteiger charge is 2.33. The molecule has 34 heavy (non-hydrogen) atoms. The maximum atomic E-state index is 13.3. The summed E-state index contributed by atoms with van der Waals surface area (Å²) in [5.74, 6) is -0.106. The number of rotatable bonds is 6. The minimum absolute atomic E-state index is 0.0736. The number of nitrogens with zero attached hydrogens (tertiary/aromatic N) is 3. The number of carbonyl (C=O) groups excluding carboxylic acids is 1. The molecule has 4 rings (SSSR count). The van der Waals surface area contributed by atoms with Crippen LogP contribution in [0.25, 0.3) is 0 Å². The van der Waals surface area contributed by atoms with E-state index in [4.69, 9.17) is 0 Å². The first-order valence-corrected chi connectivity index (χ1v) is 13.2. The van der Waals surface area contributed by atoms with Gasteiger partial charge in [-0.3, -0.25) is 14.5 Å². The second-order valence-corrected chi connectivity index (χ2v) is 10.8. The number of likely N-dealkylation sites (N-methyl/N-ethyl adjacent to an activating group) is 1. The summed E-state index contributed by atoms with van der Waals surface area (Å²) in [5.41, 5.74) is 3.49. The first-order chi connectivity index (χ1) is 16.2. The number of aryl methyl sites for hydroxylation is 1. The number of piperazine rings is 1. The first kappa shape index (κ1) is 24.2. The summed E-state index contributed by atoms with van der Waals surface area (Å²) in [7, 11) is -1.53. The minimum Gasteiger partial charge on any atom is -0.369 e. The Morgan fingerprint density at radius 1 is 1.15 bits per heavy atom. The van der Waals surface area contributed by atoms with Crippen LogP contribution in [-0.2, 0) is 14.8 Å². The zero-order chi connectivity index (χ0) is 24.5. The van der Waals surface area contributed by atoms with Gasteiger partial charge in [0.2, 0.25) is 5.91 Å². The van der Waals surface area contributed by atoms with Crippen molar-refractivity contribution in [1.82, 2.24) is 9.62 Å². The third kappa shape index (κ3) is 4.95. The molecule has 0 aromatic heterocycles. The number of nitrogens with one attached hydrogen (secondary N) is 2. The van der Waals surface area contributed by atoms with Crippen molar-refractivity contribution in [3.63, 3.8) is 0 Å². The number of amidine groups is 1. The Kier molecular flexibility index (Phi) is 6.95. The Morgan fingerprint density at radius 3 is 2.53 bits per heavy atom. The van der Waals surface area contributed by atoms with Gasteiger partial charge in [-0.1, -0.05) is 32.4 Å². The van der Waals surface area contributed by atoms with Gasteiger partial charge in [0.05, 0.1) is 4.90 Å². The van der Waals surface area contributed by atoms with E-state index in [9.17, 15) is 13.2 Å². The third-order valence-corrected chi connectivity index (χ3v) is 8.09. The predicted molar refractivity (Wildman–Crippen MR) is 136 cm³/mol. The number of hydrogen-bond donors (Lipinski definition) is 2. The molecule has 9 heteroatoms. The zero-order valence-electron chi connectivity index (χ0n) is 20.2. The fourth-order valence-corrected chi connectivity index (χ4v) is 5.63. The quantitative estimate of drug-likeness (QED) is 0.659. The molecule has 2 atom stereocenters. The Balaban J connectivity index is 1.55. The first-order valence-electron chi connectivity index (χ1n) is 11.7. The van der Waals surface area contributed by atoms with Crippen molar-refractivity contribution in [1.29, 1.82) is 0 Å². The van der Waals surface area contributed by atoms with E-state index in [2.05, 4.69) is 44.9 Å². The van der Waals surface area contributed by atoms with Crippen molar-refractivity contribution in [3.05, 3.63) is 53.6 Å². The van der Waals surface area contributed by atoms with Crippen LogP contribution in [0.1, 0.15) is 31.4 Å². The highest BCUT2D eigenvalue weighted by atomic mass is 32.2. The van der Waals surface area contributed by atoms with Gasteiger partial charge in [-0.25, -0.2) is 8.42 Å². The van der Waals surface area contributed by atoms with E-state index < -0.39 is 16.1 Å². The van der Waals surface area contributed by atoms with Crippen LogP contribution in [0.4, 0.5) is 11.4 Å². The lowest BCUT2D eigenvalue weighted by molar-refractivity contribution is -0.118. The Morgan fingerprint density at radius 2 is 1.85 bits per heavy atom. The Labute approximate surface area is 202 Å². The molecule has 1 amide bonds. The molecule has 0 radical (unpaired) electrons. The van der Waals surface area contributed by atoms with E-state index in [0.717, 1.165) is 38.2 Å². The van der Waals surface area contributed by atoms with E-state index in [1.165, 1.54) is 5.69 Å². The van der Waals surface area contributed by atoms with Crippen LogP contribution < -0.4 is 14.9 Å². The van der Waals surface area contributed by atoms with Crippen LogP contribution in [0, 0.1) is 12.8 Å². The molecule has 2 aromatic carbocycles. The van der Waals surface area contributed by atoms with Crippen molar-refractivity contribution in [2.45, 2.75) is 38.1 Å². The molecule has 2 N–H and O–H groups in total. The van der Waals surface area contributed by atoms with Gasteiger partial charge in [-0.05, 0) is 55.8 Å². The van der Waals surface area contributed by atoms with E-state index in [1.807, 2.05) is 26.0 Å². The van der Waals surface area contributed by atoms with E-state index >= 15 is 0 Å². The van der Waals surface area contributed by atoms with Gasteiger partial charge in [0.1, 0.15) is 11.9 Å². The van der Waals surface area contributed by atoms with Gasteiger partial charge in [0.15, 0.2) is 0 Å². The van der Waals surface area contributed by atoms with E-state index in [1.54, 1.807) is 24.3 Å². The number of hydrogen-bond acceptors (Lipinski definition) is 6. The molecular weight excluding hydrogens is 450 g/mol. The van der Waals surface area contributed by atoms with Crippen molar-refractivity contribution in [3.8, 4) is 0 Å². The van der Waals surface area contributed by atoms with E-state index in [0.29, 0.717) is 11.3 Å². The topological polar surface area (TPSA) is 94.1 Å².